The van der Waals surface area contributed by atoms with Crippen LogP contribution in [-0.2, 0) is 6.42 Å². The van der Waals surface area contributed by atoms with Crippen molar-refractivity contribution in [2.75, 3.05) is 0 Å². The van der Waals surface area contributed by atoms with Crippen LogP contribution in [0.4, 0.5) is 0 Å². The lowest BCUT2D eigenvalue weighted by molar-refractivity contribution is 0.0986. The second-order valence-corrected chi connectivity index (χ2v) is 7.68. The maximum atomic E-state index is 12.2. The van der Waals surface area contributed by atoms with Crippen molar-refractivity contribution >= 4 is 17.1 Å². The van der Waals surface area contributed by atoms with Gasteiger partial charge in [-0.2, -0.15) is 9.78 Å². The van der Waals surface area contributed by atoms with Crippen molar-refractivity contribution in [3.05, 3.63) is 93.1 Å². The Morgan fingerprint density at radius 3 is 2.57 bits per heavy atom. The highest BCUT2D eigenvalue weighted by Gasteiger charge is 2.10. The third kappa shape index (κ3) is 3.84. The number of nitrogens with zero attached hydrogens (tertiary/aromatic N) is 4. The van der Waals surface area contributed by atoms with Crippen LogP contribution in [0, 0.1) is 6.92 Å². The van der Waals surface area contributed by atoms with Gasteiger partial charge in [-0.25, -0.2) is 4.98 Å². The molecule has 4 aromatic rings. The molecule has 0 aliphatic carbocycles. The quantitative estimate of drug-likeness (QED) is 0.472. The number of aryl methyl sites for hydroxylation is 2. The van der Waals surface area contributed by atoms with Crippen molar-refractivity contribution in [2.24, 2.45) is 0 Å². The molecule has 0 saturated carbocycles. The molecule has 0 aliphatic heterocycles. The van der Waals surface area contributed by atoms with Crippen LogP contribution >= 0.6 is 11.3 Å². The van der Waals surface area contributed by atoms with Crippen molar-refractivity contribution in [3.8, 4) is 11.4 Å². The number of benzene rings is 1. The van der Waals surface area contributed by atoms with E-state index >= 15 is 0 Å². The van der Waals surface area contributed by atoms with Gasteiger partial charge in [-0.05, 0) is 55.8 Å². The number of hydrogen-bond acceptors (Lipinski definition) is 5. The Bertz CT molecular complexity index is 1170. The van der Waals surface area contributed by atoms with Crippen LogP contribution in [0.3, 0.4) is 0 Å². The summed E-state index contributed by atoms with van der Waals surface area (Å²) >= 11 is 1.53. The molecule has 0 aliphatic rings. The molecular formula is C21H18N4O2S. The van der Waals surface area contributed by atoms with Gasteiger partial charge in [0.25, 0.3) is 5.56 Å². The Morgan fingerprint density at radius 1 is 1.07 bits per heavy atom. The number of carbonyl (C=O) groups excluding carboxylic acids is 1. The van der Waals surface area contributed by atoms with Gasteiger partial charge < -0.3 is 4.57 Å². The standard InChI is InChI=1S/C21H18N4O2S/c1-15-4-11-20(28-15)19(26)10-5-16-13-24(14-22-16)17-6-8-18(9-7-17)25-21(27)3-2-12-23-25/h2-4,6-9,11-14H,5,10H2,1H3. The van der Waals surface area contributed by atoms with E-state index in [0.29, 0.717) is 18.5 Å². The van der Waals surface area contributed by atoms with Gasteiger partial charge in [-0.15, -0.1) is 11.3 Å². The third-order valence-corrected chi connectivity index (χ3v) is 5.41. The maximum Gasteiger partial charge on any atom is 0.271 e. The van der Waals surface area contributed by atoms with Crippen molar-refractivity contribution in [2.45, 2.75) is 19.8 Å². The first kappa shape index (κ1) is 18.1. The van der Waals surface area contributed by atoms with E-state index in [1.807, 2.05) is 54.1 Å². The summed E-state index contributed by atoms with van der Waals surface area (Å²) in [4.78, 5) is 30.5. The van der Waals surface area contributed by atoms with Gasteiger partial charge >= 0.3 is 0 Å². The molecule has 0 radical (unpaired) electrons. The SMILES string of the molecule is Cc1ccc(C(=O)CCc2cn(-c3ccc(-n4ncccc4=O)cc3)cn2)s1. The molecule has 0 saturated heterocycles. The van der Waals surface area contributed by atoms with Gasteiger partial charge in [0.05, 0.1) is 22.6 Å². The Balaban J connectivity index is 1.45. The molecular weight excluding hydrogens is 372 g/mol. The average molecular weight is 390 g/mol. The van der Waals surface area contributed by atoms with E-state index in [1.54, 1.807) is 18.6 Å². The van der Waals surface area contributed by atoms with E-state index < -0.39 is 0 Å². The maximum absolute atomic E-state index is 12.2. The van der Waals surface area contributed by atoms with E-state index in [9.17, 15) is 9.59 Å². The molecule has 1 aromatic carbocycles. The number of hydrogen-bond donors (Lipinski definition) is 0. The molecule has 7 heteroatoms. The van der Waals surface area contributed by atoms with Crippen LogP contribution in [-0.4, -0.2) is 25.1 Å². The predicted octanol–water partition coefficient (Wildman–Crippen LogP) is 3.60. The minimum Gasteiger partial charge on any atom is -0.306 e. The molecule has 0 unspecified atom stereocenters. The summed E-state index contributed by atoms with van der Waals surface area (Å²) in [7, 11) is 0. The van der Waals surface area contributed by atoms with Gasteiger partial charge in [-0.1, -0.05) is 0 Å². The lowest BCUT2D eigenvalue weighted by Crippen LogP contribution is -2.18. The van der Waals surface area contributed by atoms with Crippen molar-refractivity contribution in [1.82, 2.24) is 19.3 Å². The highest BCUT2D eigenvalue weighted by atomic mass is 32.1. The van der Waals surface area contributed by atoms with E-state index in [-0.39, 0.29) is 11.3 Å². The van der Waals surface area contributed by atoms with Crippen LogP contribution in [0.1, 0.15) is 26.7 Å². The normalized spacial score (nSPS) is 10.9. The summed E-state index contributed by atoms with van der Waals surface area (Å²) in [5, 5.41) is 4.08. The van der Waals surface area contributed by atoms with Gasteiger partial charge in [-0.3, -0.25) is 9.59 Å². The predicted molar refractivity (Wildman–Crippen MR) is 109 cm³/mol. The van der Waals surface area contributed by atoms with E-state index in [1.165, 1.54) is 22.1 Å². The molecule has 140 valence electrons. The van der Waals surface area contributed by atoms with Gasteiger partial charge in [0.1, 0.15) is 0 Å². The molecule has 0 amide bonds. The number of rotatable bonds is 6. The number of aromatic nitrogens is 4. The Hall–Kier alpha value is -3.32. The van der Waals surface area contributed by atoms with Crippen LogP contribution in [0.15, 0.2) is 72.0 Å². The fourth-order valence-corrected chi connectivity index (χ4v) is 3.74. The lowest BCUT2D eigenvalue weighted by Gasteiger charge is -2.06. The highest BCUT2D eigenvalue weighted by molar-refractivity contribution is 7.14. The van der Waals surface area contributed by atoms with E-state index in [0.717, 1.165) is 21.1 Å². The number of Topliss-reactive ketones (excluding diaryl/α,β-unsaturated/α-hetero) is 1. The van der Waals surface area contributed by atoms with E-state index in [4.69, 9.17) is 0 Å². The van der Waals surface area contributed by atoms with Crippen LogP contribution < -0.4 is 5.56 Å². The molecule has 0 fully saturated rings. The highest BCUT2D eigenvalue weighted by Crippen LogP contribution is 2.18. The fraction of sp³-hybridized carbons (Fsp3) is 0.143. The monoisotopic (exact) mass is 390 g/mol. The van der Waals surface area contributed by atoms with Crippen LogP contribution in [0.2, 0.25) is 0 Å². The lowest BCUT2D eigenvalue weighted by atomic mass is 10.1. The average Bonchev–Trinajstić information content (AvgIpc) is 3.36. The third-order valence-electron chi connectivity index (χ3n) is 4.37. The smallest absolute Gasteiger partial charge is 0.271 e. The van der Waals surface area contributed by atoms with E-state index in [2.05, 4.69) is 10.1 Å². The number of imidazole rings is 1. The molecule has 0 spiro atoms. The Morgan fingerprint density at radius 2 is 1.86 bits per heavy atom. The number of carbonyl (C=O) groups is 1. The number of ketones is 1. The van der Waals surface area contributed by atoms with Gasteiger partial charge in [0, 0.05) is 35.4 Å². The minimum absolute atomic E-state index is 0.151. The Labute approximate surface area is 165 Å². The first-order chi connectivity index (χ1) is 13.6. The second kappa shape index (κ2) is 7.74. The molecule has 4 rings (SSSR count). The van der Waals surface area contributed by atoms with Crippen molar-refractivity contribution in [1.29, 1.82) is 0 Å². The molecule has 3 heterocycles. The number of thiophene rings is 1. The van der Waals surface area contributed by atoms with Gasteiger partial charge in [0.2, 0.25) is 0 Å². The largest absolute Gasteiger partial charge is 0.306 e. The summed E-state index contributed by atoms with van der Waals surface area (Å²) in [6.07, 6.45) is 6.28. The second-order valence-electron chi connectivity index (χ2n) is 6.40. The summed E-state index contributed by atoms with van der Waals surface area (Å²) in [5.74, 6) is 0.151. The topological polar surface area (TPSA) is 69.8 Å². The molecule has 0 N–H and O–H groups in total. The van der Waals surface area contributed by atoms with Crippen molar-refractivity contribution in [3.63, 3.8) is 0 Å². The summed E-state index contributed by atoms with van der Waals surface area (Å²) in [5.41, 5.74) is 2.32. The molecule has 28 heavy (non-hydrogen) atoms. The van der Waals surface area contributed by atoms with Crippen LogP contribution in [0.25, 0.3) is 11.4 Å². The minimum atomic E-state index is -0.175. The zero-order chi connectivity index (χ0) is 19.5. The zero-order valence-corrected chi connectivity index (χ0v) is 16.1. The summed E-state index contributed by atoms with van der Waals surface area (Å²) in [6, 6.07) is 14.4. The Kier molecular flexibility index (Phi) is 4.99. The molecule has 6 nitrogen and oxygen atoms in total. The zero-order valence-electron chi connectivity index (χ0n) is 15.3. The fourth-order valence-electron chi connectivity index (χ4n) is 2.90. The van der Waals surface area contributed by atoms with Crippen LogP contribution in [0.5, 0.6) is 0 Å². The first-order valence-electron chi connectivity index (χ1n) is 8.88. The molecule has 0 atom stereocenters. The molecule has 0 bridgehead atoms. The summed E-state index contributed by atoms with van der Waals surface area (Å²) in [6.45, 7) is 2.00. The van der Waals surface area contributed by atoms with Gasteiger partial charge in [0.15, 0.2) is 5.78 Å². The summed E-state index contributed by atoms with van der Waals surface area (Å²) < 4.78 is 3.25. The first-order valence-corrected chi connectivity index (χ1v) is 9.69. The molecule has 3 aromatic heterocycles. The van der Waals surface area contributed by atoms with Crippen molar-refractivity contribution < 1.29 is 4.79 Å².